The molecular weight excluding hydrogens is 134 g/mol. The van der Waals surface area contributed by atoms with E-state index in [1.165, 1.54) is 0 Å². The minimum atomic E-state index is 0. The van der Waals surface area contributed by atoms with Crippen molar-refractivity contribution in [3.8, 4) is 0 Å². The minimum absolute atomic E-state index is 0. The van der Waals surface area contributed by atoms with Gasteiger partial charge in [0.1, 0.15) is 0 Å². The third-order valence-electron chi connectivity index (χ3n) is 0. The van der Waals surface area contributed by atoms with E-state index in [1.54, 1.807) is 0 Å². The fourth-order valence-corrected chi connectivity index (χ4v) is 0. The maximum absolute atomic E-state index is 0. The van der Waals surface area contributed by atoms with Crippen LogP contribution in [0, 0.1) is 0 Å². The van der Waals surface area contributed by atoms with Gasteiger partial charge in [0, 0.05) is 126 Å². The zero-order valence-electron chi connectivity index (χ0n) is 3.21. The van der Waals surface area contributed by atoms with Gasteiger partial charge in [-0.3, -0.25) is 0 Å². The zero-order valence-corrected chi connectivity index (χ0v) is 11.3. The van der Waals surface area contributed by atoms with Crippen molar-refractivity contribution in [1.29, 1.82) is 0 Å². The Balaban J connectivity index is 0. The first-order valence-corrected chi connectivity index (χ1v) is 0. The summed E-state index contributed by atoms with van der Waals surface area (Å²) in [4.78, 5) is 0. The fourth-order valence-electron chi connectivity index (χ4n) is 0. The van der Waals surface area contributed by atoms with Crippen LogP contribution in [-0.4, -0.2) is 104 Å². The molecule has 0 atom stereocenters. The normalized spacial score (nSPS) is 0. The van der Waals surface area contributed by atoms with Crippen LogP contribution < -0.4 is 0 Å². The van der Waals surface area contributed by atoms with Crippen LogP contribution in [0.15, 0.2) is 0 Å². The van der Waals surface area contributed by atoms with Gasteiger partial charge < -0.3 is 0 Å². The van der Waals surface area contributed by atoms with Crippen LogP contribution in [0.4, 0.5) is 0 Å². The van der Waals surface area contributed by atoms with Gasteiger partial charge in [0.25, 0.3) is 0 Å². The standard InChI is InChI=1S/K.Mg.Na.Ti. The molecular formula is KMgNaTi. The molecule has 0 saturated heterocycles. The molecule has 0 aliphatic carbocycles. The smallest absolute Gasteiger partial charge is 0 e. The Morgan fingerprint density at radius 3 is 1.00 bits per heavy atom. The monoisotopic (exact) mass is 134 g/mol. The molecule has 4 heavy (non-hydrogen) atoms. The van der Waals surface area contributed by atoms with Gasteiger partial charge >= 0.3 is 0 Å². The van der Waals surface area contributed by atoms with Gasteiger partial charge in [-0.15, -0.1) is 0 Å². The third kappa shape index (κ3) is 9.45. The molecule has 0 saturated carbocycles. The van der Waals surface area contributed by atoms with E-state index in [2.05, 4.69) is 0 Å². The largest absolute Gasteiger partial charge is 0 e. The van der Waals surface area contributed by atoms with Crippen LogP contribution in [0.2, 0.25) is 0 Å². The Morgan fingerprint density at radius 1 is 1.00 bits per heavy atom. The Hall–Kier alpha value is 4.12. The van der Waals surface area contributed by atoms with E-state index in [4.69, 9.17) is 0 Å². The van der Waals surface area contributed by atoms with Gasteiger partial charge in [0.15, 0.2) is 0 Å². The summed E-state index contributed by atoms with van der Waals surface area (Å²) < 4.78 is 0. The first-order valence-electron chi connectivity index (χ1n) is 0. The molecule has 0 N–H and O–H groups in total. The van der Waals surface area contributed by atoms with Crippen molar-refractivity contribution in [2.24, 2.45) is 0 Å². The second-order valence-electron chi connectivity index (χ2n) is 0. The summed E-state index contributed by atoms with van der Waals surface area (Å²) in [5.41, 5.74) is 0. The maximum atomic E-state index is 0. The third-order valence-corrected chi connectivity index (χ3v) is 0. The number of hydrogen-bond donors (Lipinski definition) is 0. The van der Waals surface area contributed by atoms with Gasteiger partial charge in [-0.25, -0.2) is 0 Å². The van der Waals surface area contributed by atoms with E-state index < -0.39 is 0 Å². The van der Waals surface area contributed by atoms with E-state index >= 15 is 0 Å². The summed E-state index contributed by atoms with van der Waals surface area (Å²) in [5, 5.41) is 0. The zero-order chi connectivity index (χ0) is 0. The molecule has 0 rings (SSSR count). The molecule has 0 heterocycles. The Bertz CT molecular complexity index is 8.00. The van der Waals surface area contributed by atoms with Crippen LogP contribution in [0.25, 0.3) is 0 Å². The molecule has 8 valence electrons. The van der Waals surface area contributed by atoms with Crippen LogP contribution in [0.3, 0.4) is 0 Å². The minimum Gasteiger partial charge on any atom is 0 e. The van der Waals surface area contributed by atoms with E-state index in [0.29, 0.717) is 0 Å². The number of rotatable bonds is 0. The van der Waals surface area contributed by atoms with Crippen molar-refractivity contribution in [2.45, 2.75) is 0 Å². The molecule has 0 fully saturated rings. The molecule has 0 amide bonds. The van der Waals surface area contributed by atoms with Gasteiger partial charge in [-0.05, 0) is 0 Å². The van der Waals surface area contributed by atoms with Crippen LogP contribution in [-0.2, 0) is 21.7 Å². The summed E-state index contributed by atoms with van der Waals surface area (Å²) in [7, 11) is 0. The summed E-state index contributed by atoms with van der Waals surface area (Å²) in [6.45, 7) is 0. The van der Waals surface area contributed by atoms with Crippen molar-refractivity contribution in [3.63, 3.8) is 0 Å². The Kier molecular flexibility index (Phi) is 95.3. The number of hydrogen-bond acceptors (Lipinski definition) is 0. The first kappa shape index (κ1) is 24.3. The van der Waals surface area contributed by atoms with Crippen molar-refractivity contribution in [3.05, 3.63) is 0 Å². The summed E-state index contributed by atoms with van der Waals surface area (Å²) in [6, 6.07) is 0. The molecule has 0 aromatic carbocycles. The maximum Gasteiger partial charge on any atom is 0 e. The summed E-state index contributed by atoms with van der Waals surface area (Å²) in [5.74, 6) is 0. The van der Waals surface area contributed by atoms with Crippen molar-refractivity contribution >= 4 is 104 Å². The van der Waals surface area contributed by atoms with E-state index in [-0.39, 0.29) is 126 Å². The van der Waals surface area contributed by atoms with Gasteiger partial charge in [0.05, 0.1) is 0 Å². The quantitative estimate of drug-likeness (QED) is 0.367. The van der Waals surface area contributed by atoms with E-state index in [0.717, 1.165) is 0 Å². The molecule has 0 bridgehead atoms. The molecule has 0 aliphatic heterocycles. The average molecular weight is 134 g/mol. The van der Waals surface area contributed by atoms with Gasteiger partial charge in [0.2, 0.25) is 0 Å². The first-order chi connectivity index (χ1) is 0. The average Bonchev–Trinajstić information content (AvgIpc) is 0. The summed E-state index contributed by atoms with van der Waals surface area (Å²) >= 11 is 0. The van der Waals surface area contributed by atoms with Crippen LogP contribution in [0.5, 0.6) is 0 Å². The molecule has 0 aliphatic rings. The molecule has 0 spiro atoms. The molecule has 4 radical (unpaired) electrons. The molecule has 4 heteroatoms. The molecule has 0 unspecified atom stereocenters. The Labute approximate surface area is 122 Å². The molecule has 0 nitrogen and oxygen atoms in total. The SMILES string of the molecule is [K].[Mg].[Na].[Ti]. The second-order valence-corrected chi connectivity index (χ2v) is 0. The van der Waals surface area contributed by atoms with Crippen molar-refractivity contribution in [1.82, 2.24) is 0 Å². The molecule has 0 aromatic heterocycles. The van der Waals surface area contributed by atoms with Crippen molar-refractivity contribution < 1.29 is 21.7 Å². The van der Waals surface area contributed by atoms with Gasteiger partial charge in [-0.1, -0.05) is 0 Å². The Morgan fingerprint density at radius 2 is 1.00 bits per heavy atom. The van der Waals surface area contributed by atoms with Crippen LogP contribution >= 0.6 is 0 Å². The van der Waals surface area contributed by atoms with Gasteiger partial charge in [-0.2, -0.15) is 0 Å². The van der Waals surface area contributed by atoms with Crippen molar-refractivity contribution in [2.75, 3.05) is 0 Å². The predicted octanol–water partition coefficient (Wildman–Crippen LogP) is -1.14. The fraction of sp³-hybridized carbons (Fsp3) is 0. The summed E-state index contributed by atoms with van der Waals surface area (Å²) in [6.07, 6.45) is 0. The molecule has 0 aromatic rings. The topological polar surface area (TPSA) is 0 Å². The van der Waals surface area contributed by atoms with Crippen LogP contribution in [0.1, 0.15) is 0 Å². The van der Waals surface area contributed by atoms with E-state index in [9.17, 15) is 0 Å². The predicted molar refractivity (Wildman–Crippen MR) is 17.3 cm³/mol. The van der Waals surface area contributed by atoms with E-state index in [1.807, 2.05) is 0 Å². The second kappa shape index (κ2) is 15.7.